The van der Waals surface area contributed by atoms with Gasteiger partial charge in [0.05, 0.1) is 0 Å². The van der Waals surface area contributed by atoms with Crippen LogP contribution in [0.3, 0.4) is 0 Å². The monoisotopic (exact) mass is 295 g/mol. The number of carbonyl (C=O) groups is 1. The van der Waals surface area contributed by atoms with Gasteiger partial charge in [-0.2, -0.15) is 0 Å². The van der Waals surface area contributed by atoms with Gasteiger partial charge in [0.1, 0.15) is 0 Å². The molecule has 1 rings (SSSR count). The number of amides is 1. The largest absolute Gasteiger partial charge is 0.339 e. The molecule has 0 N–H and O–H groups in total. The lowest BCUT2D eigenvalue weighted by Crippen LogP contribution is -2.41. The Morgan fingerprint density at radius 3 is 2.55 bits per heavy atom. The molecule has 1 aromatic rings. The Balaban J connectivity index is 2.62. The van der Waals surface area contributed by atoms with Crippen LogP contribution in [0.25, 0.3) is 0 Å². The average Bonchev–Trinajstić information content (AvgIpc) is 2.45. The molecule has 112 valence electrons. The van der Waals surface area contributed by atoms with Crippen molar-refractivity contribution in [3.63, 3.8) is 0 Å². The first-order chi connectivity index (χ1) is 9.62. The van der Waals surface area contributed by atoms with Crippen LogP contribution in [0.2, 0.25) is 0 Å². The fourth-order valence-electron chi connectivity index (χ4n) is 2.59. The van der Waals surface area contributed by atoms with E-state index >= 15 is 0 Å². The van der Waals surface area contributed by atoms with Gasteiger partial charge in [-0.15, -0.1) is 11.6 Å². The van der Waals surface area contributed by atoms with Crippen molar-refractivity contribution >= 4 is 17.5 Å². The summed E-state index contributed by atoms with van der Waals surface area (Å²) in [5.41, 5.74) is 2.47. The summed E-state index contributed by atoms with van der Waals surface area (Å²) in [4.78, 5) is 14.4. The Bertz CT molecular complexity index is 415. The maximum Gasteiger partial charge on any atom is 0.223 e. The maximum absolute atomic E-state index is 12.4. The molecule has 0 radical (unpaired) electrons. The van der Waals surface area contributed by atoms with Gasteiger partial charge in [-0.25, -0.2) is 0 Å². The van der Waals surface area contributed by atoms with Crippen molar-refractivity contribution in [1.82, 2.24) is 4.90 Å². The number of hydrogen-bond acceptors (Lipinski definition) is 1. The van der Waals surface area contributed by atoms with Crippen molar-refractivity contribution in [1.29, 1.82) is 0 Å². The molecule has 1 amide bonds. The molecule has 0 saturated carbocycles. The maximum atomic E-state index is 12.4. The van der Waals surface area contributed by atoms with Gasteiger partial charge in [-0.3, -0.25) is 4.79 Å². The Morgan fingerprint density at radius 2 is 2.00 bits per heavy atom. The minimum absolute atomic E-state index is 0.223. The predicted octanol–water partition coefficient (Wildman–Crippen LogP) is 4.18. The molecule has 0 saturated heterocycles. The third-order valence-electron chi connectivity index (χ3n) is 3.74. The van der Waals surface area contributed by atoms with Crippen LogP contribution in [-0.2, 0) is 11.2 Å². The van der Waals surface area contributed by atoms with E-state index in [1.165, 1.54) is 11.1 Å². The van der Waals surface area contributed by atoms with Crippen LogP contribution in [0.15, 0.2) is 24.3 Å². The number of benzene rings is 1. The van der Waals surface area contributed by atoms with E-state index in [9.17, 15) is 4.79 Å². The fourth-order valence-corrected chi connectivity index (χ4v) is 2.78. The molecule has 0 aliphatic carbocycles. The summed E-state index contributed by atoms with van der Waals surface area (Å²) < 4.78 is 0. The van der Waals surface area contributed by atoms with Gasteiger partial charge in [0, 0.05) is 24.9 Å². The summed E-state index contributed by atoms with van der Waals surface area (Å²) in [7, 11) is 0. The van der Waals surface area contributed by atoms with Gasteiger partial charge < -0.3 is 4.90 Å². The molecule has 2 nitrogen and oxygen atoms in total. The minimum Gasteiger partial charge on any atom is -0.339 e. The first-order valence-corrected chi connectivity index (χ1v) is 8.06. The third-order valence-corrected chi connectivity index (χ3v) is 3.91. The number of alkyl halides is 1. The van der Waals surface area contributed by atoms with E-state index in [-0.39, 0.29) is 5.91 Å². The summed E-state index contributed by atoms with van der Waals surface area (Å²) >= 11 is 5.84. The highest BCUT2D eigenvalue weighted by Crippen LogP contribution is 2.13. The lowest BCUT2D eigenvalue weighted by atomic mass is 10.1. The summed E-state index contributed by atoms with van der Waals surface area (Å²) in [6.07, 6.45) is 3.35. The van der Waals surface area contributed by atoms with E-state index in [0.717, 1.165) is 19.3 Å². The molecule has 0 aliphatic rings. The number of aryl methyl sites for hydroxylation is 2. The molecule has 0 aromatic heterocycles. The second-order valence-electron chi connectivity index (χ2n) is 5.24. The zero-order valence-corrected chi connectivity index (χ0v) is 13.6. The summed E-state index contributed by atoms with van der Waals surface area (Å²) in [5.74, 6) is 0.730. The lowest BCUT2D eigenvalue weighted by Gasteiger charge is -2.30. The van der Waals surface area contributed by atoms with Crippen molar-refractivity contribution in [2.45, 2.75) is 52.5 Å². The van der Waals surface area contributed by atoms with E-state index in [2.05, 4.69) is 39.0 Å². The normalized spacial score (nSPS) is 10.8. The fraction of sp³-hybridized carbons (Fsp3) is 0.588. The number of carbonyl (C=O) groups excluding carboxylic acids is 1. The quantitative estimate of drug-likeness (QED) is 0.659. The van der Waals surface area contributed by atoms with E-state index < -0.39 is 0 Å². The van der Waals surface area contributed by atoms with Crippen LogP contribution in [0, 0.1) is 6.92 Å². The second kappa shape index (κ2) is 9.02. The topological polar surface area (TPSA) is 20.3 Å². The predicted molar refractivity (Wildman–Crippen MR) is 86.3 cm³/mol. The highest BCUT2D eigenvalue weighted by Gasteiger charge is 2.19. The Labute approximate surface area is 128 Å². The molecule has 0 heterocycles. The smallest absolute Gasteiger partial charge is 0.223 e. The van der Waals surface area contributed by atoms with Crippen LogP contribution >= 0.6 is 11.6 Å². The summed E-state index contributed by atoms with van der Waals surface area (Å²) in [6, 6.07) is 8.68. The van der Waals surface area contributed by atoms with Gasteiger partial charge in [0.2, 0.25) is 5.91 Å². The third kappa shape index (κ3) is 5.16. The van der Waals surface area contributed by atoms with Gasteiger partial charge in [0.15, 0.2) is 0 Å². The first kappa shape index (κ1) is 17.0. The van der Waals surface area contributed by atoms with Gasteiger partial charge >= 0.3 is 0 Å². The average molecular weight is 296 g/mol. The van der Waals surface area contributed by atoms with Crippen LogP contribution in [0.5, 0.6) is 0 Å². The highest BCUT2D eigenvalue weighted by atomic mass is 35.5. The molecular formula is C17H26ClNO. The molecular weight excluding hydrogens is 270 g/mol. The Morgan fingerprint density at radius 1 is 1.30 bits per heavy atom. The van der Waals surface area contributed by atoms with E-state index in [1.54, 1.807) is 0 Å². The summed E-state index contributed by atoms with van der Waals surface area (Å²) in [5, 5.41) is 0. The number of rotatable bonds is 8. The number of hydrogen-bond donors (Lipinski definition) is 0. The van der Waals surface area contributed by atoms with E-state index in [4.69, 9.17) is 11.6 Å². The molecule has 0 spiro atoms. The molecule has 0 fully saturated rings. The van der Waals surface area contributed by atoms with Crippen molar-refractivity contribution in [2.75, 3.05) is 12.4 Å². The highest BCUT2D eigenvalue weighted by molar-refractivity contribution is 6.18. The zero-order chi connectivity index (χ0) is 15.0. The van der Waals surface area contributed by atoms with Gasteiger partial charge in [-0.05, 0) is 31.7 Å². The van der Waals surface area contributed by atoms with Crippen molar-refractivity contribution < 1.29 is 4.79 Å². The molecule has 0 aliphatic heterocycles. The van der Waals surface area contributed by atoms with Crippen molar-refractivity contribution in [3.8, 4) is 0 Å². The van der Waals surface area contributed by atoms with Crippen LogP contribution in [-0.4, -0.2) is 29.3 Å². The van der Waals surface area contributed by atoms with Crippen LogP contribution in [0.4, 0.5) is 0 Å². The molecule has 0 bridgehead atoms. The second-order valence-corrected chi connectivity index (χ2v) is 5.61. The Kier molecular flexibility index (Phi) is 7.68. The first-order valence-electron chi connectivity index (χ1n) is 7.53. The minimum atomic E-state index is 0.223. The van der Waals surface area contributed by atoms with E-state index in [1.807, 2.05) is 11.0 Å². The molecule has 0 atom stereocenters. The molecule has 3 heteroatoms. The lowest BCUT2D eigenvalue weighted by molar-refractivity contribution is -0.133. The molecule has 0 unspecified atom stereocenters. The zero-order valence-electron chi connectivity index (χ0n) is 12.9. The Hall–Kier alpha value is -1.02. The molecule has 1 aromatic carbocycles. The van der Waals surface area contributed by atoms with Gasteiger partial charge in [0.25, 0.3) is 0 Å². The van der Waals surface area contributed by atoms with Crippen molar-refractivity contribution in [2.24, 2.45) is 0 Å². The van der Waals surface area contributed by atoms with E-state index in [0.29, 0.717) is 24.9 Å². The SMILES string of the molecule is CCC(CC)N(CCCl)C(=O)CCc1cccc(C)c1. The summed E-state index contributed by atoms with van der Waals surface area (Å²) in [6.45, 7) is 6.99. The number of nitrogens with zero attached hydrogens (tertiary/aromatic N) is 1. The van der Waals surface area contributed by atoms with Crippen molar-refractivity contribution in [3.05, 3.63) is 35.4 Å². The standard InChI is InChI=1S/C17H26ClNO/c1-4-16(5-2)19(12-11-18)17(20)10-9-15-8-6-7-14(3)13-15/h6-8,13,16H,4-5,9-12H2,1-3H3. The molecule has 20 heavy (non-hydrogen) atoms. The van der Waals surface area contributed by atoms with Crippen LogP contribution < -0.4 is 0 Å². The van der Waals surface area contributed by atoms with Gasteiger partial charge in [-0.1, -0.05) is 43.7 Å². The van der Waals surface area contributed by atoms with Crippen LogP contribution in [0.1, 0.15) is 44.2 Å². The number of halogens is 1.